The summed E-state index contributed by atoms with van der Waals surface area (Å²) in [6.07, 6.45) is -0.187. The van der Waals surface area contributed by atoms with Crippen molar-refractivity contribution in [2.24, 2.45) is 0 Å². The molecule has 6 nitrogen and oxygen atoms in total. The largest absolute Gasteiger partial charge is 0.495 e. The molecule has 0 fully saturated rings. The molecule has 0 heterocycles. The van der Waals surface area contributed by atoms with E-state index in [4.69, 9.17) is 26.6 Å². The van der Waals surface area contributed by atoms with Gasteiger partial charge >= 0.3 is 11.9 Å². The van der Waals surface area contributed by atoms with Crippen LogP contribution < -0.4 is 9.64 Å². The number of aliphatic carboxylic acids is 2. The maximum atomic E-state index is 11.2. The van der Waals surface area contributed by atoms with E-state index in [0.717, 1.165) is 0 Å². The van der Waals surface area contributed by atoms with Gasteiger partial charge < -0.3 is 19.8 Å². The van der Waals surface area contributed by atoms with Gasteiger partial charge in [-0.3, -0.25) is 4.79 Å². The minimum absolute atomic E-state index is 0.0412. The average Bonchev–Trinajstić information content (AvgIpc) is 2.38. The van der Waals surface area contributed by atoms with Gasteiger partial charge in [-0.25, -0.2) is 4.79 Å². The molecule has 0 aliphatic carbocycles. The van der Waals surface area contributed by atoms with E-state index in [9.17, 15) is 9.59 Å². The Hall–Kier alpha value is -1.95. The number of hydrogen-bond donors (Lipinski definition) is 2. The molecular formula is C13H16ClNO5. The van der Waals surface area contributed by atoms with Gasteiger partial charge in [-0.2, -0.15) is 0 Å². The third-order valence-corrected chi connectivity index (χ3v) is 3.08. The molecule has 1 unspecified atom stereocenters. The fourth-order valence-corrected chi connectivity index (χ4v) is 1.93. The highest BCUT2D eigenvalue weighted by Gasteiger charge is 2.24. The van der Waals surface area contributed by atoms with Crippen molar-refractivity contribution in [1.82, 2.24) is 0 Å². The van der Waals surface area contributed by atoms with Gasteiger partial charge in [0.05, 0.1) is 19.2 Å². The van der Waals surface area contributed by atoms with Crippen molar-refractivity contribution in [1.29, 1.82) is 0 Å². The molecule has 0 spiro atoms. The zero-order valence-electron chi connectivity index (χ0n) is 11.2. The fourth-order valence-electron chi connectivity index (χ4n) is 1.76. The van der Waals surface area contributed by atoms with Crippen molar-refractivity contribution >= 4 is 29.2 Å². The van der Waals surface area contributed by atoms with Crippen LogP contribution in [-0.2, 0) is 9.59 Å². The van der Waals surface area contributed by atoms with Crippen molar-refractivity contribution in [2.75, 3.05) is 18.6 Å². The summed E-state index contributed by atoms with van der Waals surface area (Å²) in [5.41, 5.74) is 0.455. The van der Waals surface area contributed by atoms with Gasteiger partial charge in [0.25, 0.3) is 0 Å². The number of rotatable bonds is 7. The molecule has 1 aromatic rings. The molecule has 0 aliphatic heterocycles. The Morgan fingerprint density at radius 2 is 2.05 bits per heavy atom. The van der Waals surface area contributed by atoms with Crippen LogP contribution in [0.2, 0.25) is 5.02 Å². The van der Waals surface area contributed by atoms with Crippen LogP contribution in [0.4, 0.5) is 5.69 Å². The second-order valence-electron chi connectivity index (χ2n) is 4.17. The molecular weight excluding hydrogens is 286 g/mol. The average molecular weight is 302 g/mol. The Kier molecular flexibility index (Phi) is 5.64. The Labute approximate surface area is 121 Å². The van der Waals surface area contributed by atoms with Crippen LogP contribution in [0.1, 0.15) is 13.3 Å². The van der Waals surface area contributed by atoms with Gasteiger partial charge in [-0.05, 0) is 25.1 Å². The smallest absolute Gasteiger partial charge is 0.326 e. The summed E-state index contributed by atoms with van der Waals surface area (Å²) >= 11 is 5.92. The lowest BCUT2D eigenvalue weighted by Gasteiger charge is -2.29. The van der Waals surface area contributed by atoms with Gasteiger partial charge in [0, 0.05) is 11.6 Å². The van der Waals surface area contributed by atoms with Crippen LogP contribution in [-0.4, -0.2) is 41.8 Å². The summed E-state index contributed by atoms with van der Waals surface area (Å²) in [6, 6.07) is 3.88. The quantitative estimate of drug-likeness (QED) is 0.802. The second-order valence-corrected chi connectivity index (χ2v) is 4.60. The van der Waals surface area contributed by atoms with Gasteiger partial charge in [0.15, 0.2) is 0 Å². The molecule has 0 saturated heterocycles. The van der Waals surface area contributed by atoms with Crippen molar-refractivity contribution in [2.45, 2.75) is 19.4 Å². The lowest BCUT2D eigenvalue weighted by molar-refractivity contribution is -0.139. The van der Waals surface area contributed by atoms with E-state index in [1.165, 1.54) is 18.9 Å². The highest BCUT2D eigenvalue weighted by molar-refractivity contribution is 6.31. The third-order valence-electron chi connectivity index (χ3n) is 2.84. The highest BCUT2D eigenvalue weighted by Crippen LogP contribution is 2.32. The van der Waals surface area contributed by atoms with Gasteiger partial charge in [0.2, 0.25) is 0 Å². The molecule has 1 rings (SSSR count). The summed E-state index contributed by atoms with van der Waals surface area (Å²) in [7, 11) is 1.45. The summed E-state index contributed by atoms with van der Waals surface area (Å²) in [4.78, 5) is 23.3. The maximum absolute atomic E-state index is 11.2. The number of methoxy groups -OCH3 is 1. The van der Waals surface area contributed by atoms with E-state index in [1.807, 2.05) is 0 Å². The summed E-state index contributed by atoms with van der Waals surface area (Å²) in [5.74, 6) is -1.63. The van der Waals surface area contributed by atoms with E-state index in [2.05, 4.69) is 0 Å². The van der Waals surface area contributed by atoms with Crippen LogP contribution in [0.15, 0.2) is 18.2 Å². The first kappa shape index (κ1) is 16.1. The highest BCUT2D eigenvalue weighted by atomic mass is 35.5. The fraction of sp³-hybridized carbons (Fsp3) is 0.385. The van der Waals surface area contributed by atoms with E-state index in [1.54, 1.807) is 18.2 Å². The summed E-state index contributed by atoms with van der Waals surface area (Å²) < 4.78 is 5.18. The molecule has 1 aromatic carbocycles. The molecule has 7 heteroatoms. The lowest BCUT2D eigenvalue weighted by atomic mass is 10.2. The molecule has 0 bridgehead atoms. The zero-order valence-corrected chi connectivity index (χ0v) is 11.9. The minimum Gasteiger partial charge on any atom is -0.495 e. The Bertz CT molecular complexity index is 506. The number of nitrogens with zero attached hydrogens (tertiary/aromatic N) is 1. The van der Waals surface area contributed by atoms with Crippen LogP contribution in [0.5, 0.6) is 5.75 Å². The van der Waals surface area contributed by atoms with Gasteiger partial charge in [0.1, 0.15) is 11.8 Å². The number of benzene rings is 1. The van der Waals surface area contributed by atoms with E-state index in [0.29, 0.717) is 16.5 Å². The number of anilines is 1. The van der Waals surface area contributed by atoms with Crippen molar-refractivity contribution in [3.63, 3.8) is 0 Å². The van der Waals surface area contributed by atoms with Crippen molar-refractivity contribution in [3.8, 4) is 5.75 Å². The van der Waals surface area contributed by atoms with E-state index < -0.39 is 18.0 Å². The number of carboxylic acids is 2. The number of hydrogen-bond acceptors (Lipinski definition) is 4. The monoisotopic (exact) mass is 301 g/mol. The molecule has 0 radical (unpaired) electrons. The normalized spacial score (nSPS) is 11.8. The number of halogens is 1. The molecule has 1 atom stereocenters. The standard InChI is InChI=1S/C13H16ClNO5/c1-8(13(18)19)15(6-5-12(16)17)10-7-9(14)3-4-11(10)20-2/h3-4,7-8H,5-6H2,1-2H3,(H,16,17)(H,18,19). The SMILES string of the molecule is COc1ccc(Cl)cc1N(CCC(=O)O)C(C)C(=O)O. The number of ether oxygens (including phenoxy) is 1. The van der Waals surface area contributed by atoms with Crippen LogP contribution in [0.3, 0.4) is 0 Å². The Balaban J connectivity index is 3.17. The topological polar surface area (TPSA) is 87.1 Å². The molecule has 0 aliphatic rings. The summed E-state index contributed by atoms with van der Waals surface area (Å²) in [5, 5.41) is 18.3. The van der Waals surface area contributed by atoms with Crippen LogP contribution in [0, 0.1) is 0 Å². The maximum Gasteiger partial charge on any atom is 0.326 e. The van der Waals surface area contributed by atoms with Gasteiger partial charge in [-0.1, -0.05) is 11.6 Å². The third kappa shape index (κ3) is 4.03. The second kappa shape index (κ2) is 7.00. The molecule has 0 aromatic heterocycles. The predicted molar refractivity (Wildman–Crippen MR) is 74.7 cm³/mol. The van der Waals surface area contributed by atoms with E-state index >= 15 is 0 Å². The Morgan fingerprint density at radius 3 is 2.55 bits per heavy atom. The Morgan fingerprint density at radius 1 is 1.40 bits per heavy atom. The lowest BCUT2D eigenvalue weighted by Crippen LogP contribution is -2.40. The first-order valence-electron chi connectivity index (χ1n) is 5.91. The molecule has 0 saturated carbocycles. The molecule has 0 amide bonds. The molecule has 2 N–H and O–H groups in total. The number of carboxylic acid groups (broad SMARTS) is 2. The van der Waals surface area contributed by atoms with Crippen molar-refractivity contribution < 1.29 is 24.5 Å². The van der Waals surface area contributed by atoms with E-state index in [-0.39, 0.29) is 13.0 Å². The summed E-state index contributed by atoms with van der Waals surface area (Å²) in [6.45, 7) is 1.52. The van der Waals surface area contributed by atoms with Crippen molar-refractivity contribution in [3.05, 3.63) is 23.2 Å². The first-order valence-corrected chi connectivity index (χ1v) is 6.29. The van der Waals surface area contributed by atoms with Crippen LogP contribution >= 0.6 is 11.6 Å². The van der Waals surface area contributed by atoms with Gasteiger partial charge in [-0.15, -0.1) is 0 Å². The van der Waals surface area contributed by atoms with Crippen LogP contribution in [0.25, 0.3) is 0 Å². The zero-order chi connectivity index (χ0) is 15.3. The number of carbonyl (C=O) groups is 2. The molecule has 20 heavy (non-hydrogen) atoms. The predicted octanol–water partition coefficient (Wildman–Crippen LogP) is 2.10. The first-order chi connectivity index (χ1) is 9.36. The minimum atomic E-state index is -1.06. The molecule has 110 valence electrons.